The Balaban J connectivity index is 1.43. The van der Waals surface area contributed by atoms with Crippen molar-refractivity contribution in [1.82, 2.24) is 20.0 Å². The number of amides is 1. The van der Waals surface area contributed by atoms with E-state index in [0.29, 0.717) is 5.13 Å². The number of nitrogens with one attached hydrogen (secondary N) is 1. The van der Waals surface area contributed by atoms with Gasteiger partial charge in [-0.05, 0) is 17.7 Å². The summed E-state index contributed by atoms with van der Waals surface area (Å²) in [4.78, 5) is 17.7. The zero-order valence-corrected chi connectivity index (χ0v) is 14.6. The number of hydrogen-bond acceptors (Lipinski definition) is 5. The normalized spacial score (nSPS) is 10.6. The highest BCUT2D eigenvalue weighted by Gasteiger charge is 2.14. The van der Waals surface area contributed by atoms with Gasteiger partial charge in [-0.25, -0.2) is 9.67 Å². The van der Waals surface area contributed by atoms with Crippen molar-refractivity contribution in [3.63, 3.8) is 0 Å². The molecule has 7 heteroatoms. The highest BCUT2D eigenvalue weighted by molar-refractivity contribution is 7.15. The lowest BCUT2D eigenvalue weighted by atomic mass is 10.1. The van der Waals surface area contributed by atoms with Crippen LogP contribution in [-0.4, -0.2) is 25.9 Å². The first kappa shape index (κ1) is 16.2. The third-order valence-corrected chi connectivity index (χ3v) is 4.65. The standard InChI is InChI=1S/C19H15N5OS/c25-18(17-13-24(23-22-17)15-9-5-2-6-10-15)21-19-20-12-16(26-19)11-14-7-3-1-4-8-14/h1-10,12-13H,11H2,(H,20,21,25). The fourth-order valence-electron chi connectivity index (χ4n) is 2.48. The van der Waals surface area contributed by atoms with Gasteiger partial charge in [0.15, 0.2) is 10.8 Å². The summed E-state index contributed by atoms with van der Waals surface area (Å²) in [6, 6.07) is 19.7. The molecule has 0 bridgehead atoms. The van der Waals surface area contributed by atoms with Gasteiger partial charge in [-0.1, -0.05) is 53.7 Å². The molecule has 6 nitrogen and oxygen atoms in total. The summed E-state index contributed by atoms with van der Waals surface area (Å²) in [6.07, 6.45) is 4.18. The molecule has 0 saturated carbocycles. The molecule has 2 heterocycles. The number of carbonyl (C=O) groups excluding carboxylic acids is 1. The van der Waals surface area contributed by atoms with Crippen molar-refractivity contribution < 1.29 is 4.79 Å². The highest BCUT2D eigenvalue weighted by atomic mass is 32.1. The van der Waals surface area contributed by atoms with E-state index in [1.165, 1.54) is 16.9 Å². The number of thiazole rings is 1. The fraction of sp³-hybridized carbons (Fsp3) is 0.0526. The topological polar surface area (TPSA) is 72.7 Å². The lowest BCUT2D eigenvalue weighted by molar-refractivity contribution is 0.102. The minimum absolute atomic E-state index is 0.244. The van der Waals surface area contributed by atoms with Crippen molar-refractivity contribution in [2.75, 3.05) is 5.32 Å². The number of anilines is 1. The third-order valence-electron chi connectivity index (χ3n) is 3.74. The number of aromatic nitrogens is 4. The summed E-state index contributed by atoms with van der Waals surface area (Å²) in [5, 5.41) is 11.3. The second-order valence-corrected chi connectivity index (χ2v) is 6.75. The Kier molecular flexibility index (Phi) is 4.53. The van der Waals surface area contributed by atoms with Crippen molar-refractivity contribution in [3.8, 4) is 5.69 Å². The SMILES string of the molecule is O=C(Nc1ncc(Cc2ccccc2)s1)c1cn(-c2ccccc2)nn1. The lowest BCUT2D eigenvalue weighted by Crippen LogP contribution is -2.12. The molecule has 26 heavy (non-hydrogen) atoms. The van der Waals surface area contributed by atoms with Crippen LogP contribution < -0.4 is 5.32 Å². The number of benzene rings is 2. The second-order valence-electron chi connectivity index (χ2n) is 5.63. The van der Waals surface area contributed by atoms with Crippen LogP contribution >= 0.6 is 11.3 Å². The molecule has 0 unspecified atom stereocenters. The Bertz CT molecular complexity index is 1010. The summed E-state index contributed by atoms with van der Waals surface area (Å²) in [5.74, 6) is -0.326. The predicted octanol–water partition coefficient (Wildman–Crippen LogP) is 3.57. The predicted molar refractivity (Wildman–Crippen MR) is 101 cm³/mol. The summed E-state index contributed by atoms with van der Waals surface area (Å²) in [6.45, 7) is 0. The van der Waals surface area contributed by atoms with Crippen molar-refractivity contribution >= 4 is 22.4 Å². The number of rotatable bonds is 5. The van der Waals surface area contributed by atoms with Gasteiger partial charge >= 0.3 is 0 Å². The maximum atomic E-state index is 12.4. The van der Waals surface area contributed by atoms with Crippen LogP contribution in [0.1, 0.15) is 20.9 Å². The summed E-state index contributed by atoms with van der Waals surface area (Å²) in [7, 11) is 0. The third kappa shape index (κ3) is 3.68. The molecule has 0 atom stereocenters. The summed E-state index contributed by atoms with van der Waals surface area (Å²) in [5.41, 5.74) is 2.30. The van der Waals surface area contributed by atoms with Crippen molar-refractivity contribution in [2.24, 2.45) is 0 Å². The van der Waals surface area contributed by atoms with E-state index in [1.54, 1.807) is 17.1 Å². The van der Waals surface area contributed by atoms with Gasteiger partial charge in [-0.2, -0.15) is 0 Å². The Hall–Kier alpha value is -3.32. The first-order chi connectivity index (χ1) is 12.8. The van der Waals surface area contributed by atoms with Crippen molar-refractivity contribution in [2.45, 2.75) is 6.42 Å². The molecular formula is C19H15N5OS. The minimum Gasteiger partial charge on any atom is -0.296 e. The van der Waals surface area contributed by atoms with Crippen LogP contribution in [0.3, 0.4) is 0 Å². The molecule has 0 aliphatic heterocycles. The van der Waals surface area contributed by atoms with Crippen molar-refractivity contribution in [1.29, 1.82) is 0 Å². The van der Waals surface area contributed by atoms with Gasteiger partial charge in [0.2, 0.25) is 0 Å². The van der Waals surface area contributed by atoms with Gasteiger partial charge in [0.25, 0.3) is 5.91 Å². The van der Waals surface area contributed by atoms with Gasteiger partial charge in [-0.15, -0.1) is 16.4 Å². The van der Waals surface area contributed by atoms with Crippen molar-refractivity contribution in [3.05, 3.63) is 89.2 Å². The van der Waals surface area contributed by atoms with Gasteiger partial charge in [0.05, 0.1) is 11.9 Å². The maximum Gasteiger partial charge on any atom is 0.279 e. The average Bonchev–Trinajstić information content (AvgIpc) is 3.33. The average molecular weight is 361 g/mol. The molecule has 0 radical (unpaired) electrons. The van der Waals surface area contributed by atoms with Crippen LogP contribution in [0.2, 0.25) is 0 Å². The zero-order valence-electron chi connectivity index (χ0n) is 13.7. The van der Waals surface area contributed by atoms with Crippen LogP contribution in [0.15, 0.2) is 73.1 Å². The van der Waals surface area contributed by atoms with Crippen LogP contribution in [0.4, 0.5) is 5.13 Å². The molecule has 4 aromatic rings. The molecule has 0 spiro atoms. The second kappa shape index (κ2) is 7.28. The highest BCUT2D eigenvalue weighted by Crippen LogP contribution is 2.21. The first-order valence-electron chi connectivity index (χ1n) is 8.06. The molecule has 2 aromatic heterocycles. The molecule has 0 aliphatic carbocycles. The molecule has 2 aromatic carbocycles. The monoisotopic (exact) mass is 361 g/mol. The van der Waals surface area contributed by atoms with Gasteiger partial charge in [0, 0.05) is 17.5 Å². The molecule has 1 amide bonds. The molecule has 0 aliphatic rings. The zero-order chi connectivity index (χ0) is 17.8. The van der Waals surface area contributed by atoms with Crippen LogP contribution in [0.25, 0.3) is 5.69 Å². The van der Waals surface area contributed by atoms with E-state index in [2.05, 4.69) is 32.7 Å². The van der Waals surface area contributed by atoms with Crippen LogP contribution in [0.5, 0.6) is 0 Å². The Morgan fingerprint density at radius 2 is 1.77 bits per heavy atom. The van der Waals surface area contributed by atoms with Gasteiger partial charge in [0.1, 0.15) is 0 Å². The van der Waals surface area contributed by atoms with Gasteiger partial charge in [-0.3, -0.25) is 10.1 Å². The van der Waals surface area contributed by atoms with E-state index in [4.69, 9.17) is 0 Å². The summed E-state index contributed by atoms with van der Waals surface area (Å²) < 4.78 is 1.57. The molecule has 128 valence electrons. The van der Waals surface area contributed by atoms with Crippen LogP contribution in [-0.2, 0) is 6.42 Å². The number of para-hydroxylation sites is 1. The Morgan fingerprint density at radius 3 is 2.54 bits per heavy atom. The summed E-state index contributed by atoms with van der Waals surface area (Å²) >= 11 is 1.46. The molecule has 0 saturated heterocycles. The smallest absolute Gasteiger partial charge is 0.279 e. The molecular weight excluding hydrogens is 346 g/mol. The Labute approximate surface area is 154 Å². The largest absolute Gasteiger partial charge is 0.296 e. The van der Waals surface area contributed by atoms with E-state index in [9.17, 15) is 4.79 Å². The van der Waals surface area contributed by atoms with E-state index in [-0.39, 0.29) is 11.6 Å². The van der Waals surface area contributed by atoms with E-state index in [0.717, 1.165) is 17.0 Å². The van der Waals surface area contributed by atoms with Crippen LogP contribution in [0, 0.1) is 0 Å². The number of nitrogens with zero attached hydrogens (tertiary/aromatic N) is 4. The first-order valence-corrected chi connectivity index (χ1v) is 8.87. The number of hydrogen-bond donors (Lipinski definition) is 1. The Morgan fingerprint density at radius 1 is 1.04 bits per heavy atom. The van der Waals surface area contributed by atoms with E-state index in [1.807, 2.05) is 48.5 Å². The minimum atomic E-state index is -0.326. The quantitative estimate of drug-likeness (QED) is 0.590. The fourth-order valence-corrected chi connectivity index (χ4v) is 3.32. The molecule has 1 N–H and O–H groups in total. The van der Waals surface area contributed by atoms with E-state index >= 15 is 0 Å². The van der Waals surface area contributed by atoms with Gasteiger partial charge < -0.3 is 0 Å². The van der Waals surface area contributed by atoms with E-state index < -0.39 is 0 Å². The number of carbonyl (C=O) groups is 1. The lowest BCUT2D eigenvalue weighted by Gasteiger charge is -1.98. The molecule has 0 fully saturated rings. The maximum absolute atomic E-state index is 12.4. The molecule has 4 rings (SSSR count).